The van der Waals surface area contributed by atoms with Gasteiger partial charge in [0, 0.05) is 123 Å². The first-order chi connectivity index (χ1) is 46.3. The Morgan fingerprint density at radius 3 is 1.45 bits per heavy atom. The van der Waals surface area contributed by atoms with Crippen LogP contribution in [0.1, 0.15) is 122 Å². The van der Waals surface area contributed by atoms with Gasteiger partial charge in [0.05, 0.1) is 17.2 Å². The summed E-state index contributed by atoms with van der Waals surface area (Å²) in [7, 11) is 0. The summed E-state index contributed by atoms with van der Waals surface area (Å²) in [6, 6.07) is 17.5. The molecule has 0 spiro atoms. The number of rotatable bonds is 12. The number of benzene rings is 1. The maximum absolute atomic E-state index is 13.8. The van der Waals surface area contributed by atoms with Crippen LogP contribution in [-0.2, 0) is 63.2 Å². The van der Waals surface area contributed by atoms with Gasteiger partial charge in [-0.2, -0.15) is 13.2 Å². The second-order valence-corrected chi connectivity index (χ2v) is 25.4. The number of likely N-dealkylation sites (tertiary alicyclic amines) is 3. The summed E-state index contributed by atoms with van der Waals surface area (Å²) in [6.45, 7) is 18.5. The number of aryl methyl sites for hydroxylation is 1. The number of nitrogens with one attached hydrogen (secondary N) is 6. The molecule has 6 aromatic rings. The number of ether oxygens (including phenoxy) is 2. The van der Waals surface area contributed by atoms with Crippen molar-refractivity contribution in [3.8, 4) is 0 Å². The summed E-state index contributed by atoms with van der Waals surface area (Å²) in [5.74, 6) is -1.41. The number of pyridine rings is 4. The van der Waals surface area contributed by atoms with Crippen LogP contribution >= 0.6 is 32.9 Å². The van der Waals surface area contributed by atoms with Gasteiger partial charge in [-0.1, -0.05) is 15.9 Å². The van der Waals surface area contributed by atoms with Crippen LogP contribution in [0.2, 0.25) is 0 Å². The minimum atomic E-state index is -4.64. The predicted octanol–water partition coefficient (Wildman–Crippen LogP) is 8.74. The average Bonchev–Trinajstić information content (AvgIpc) is 1.63. The number of carbonyl (C=O) groups is 9. The van der Waals surface area contributed by atoms with Crippen LogP contribution in [0.25, 0.3) is 11.6 Å². The number of fused-ring (bicyclic) bond motifs is 1. The topological polar surface area (TPSA) is 335 Å². The van der Waals surface area contributed by atoms with Gasteiger partial charge in [-0.25, -0.2) is 14.0 Å². The number of aromatic nitrogens is 5. The van der Waals surface area contributed by atoms with Crippen molar-refractivity contribution in [1.82, 2.24) is 60.9 Å². The number of nitrogens with zero attached hydrogens (tertiary/aromatic N) is 7. The Hall–Kier alpha value is -9.49. The lowest BCUT2D eigenvalue weighted by Crippen LogP contribution is -2.43. The molecule has 0 aliphatic carbocycles. The highest BCUT2D eigenvalue weighted by Gasteiger charge is 2.36. The number of alkyl halides is 4. The monoisotopic (exact) mass is 1500 g/mol. The number of alkyl carbamates (subject to hydrolysis) is 2. The lowest BCUT2D eigenvalue weighted by atomic mass is 10.0. The molecule has 31 heteroatoms. The molecule has 5 aromatic heterocycles. The summed E-state index contributed by atoms with van der Waals surface area (Å²) >= 11 is 3.33. The summed E-state index contributed by atoms with van der Waals surface area (Å²) in [4.78, 5) is 129. The molecule has 8 amide bonds. The second kappa shape index (κ2) is 37.5. The normalized spacial score (nSPS) is 17.9. The number of hydrogen-bond acceptors (Lipinski definition) is 16. The van der Waals surface area contributed by atoms with Crippen molar-refractivity contribution >= 4 is 104 Å². The number of amides is 8. The van der Waals surface area contributed by atoms with Crippen molar-refractivity contribution in [2.45, 2.75) is 148 Å². The van der Waals surface area contributed by atoms with E-state index >= 15 is 0 Å². The van der Waals surface area contributed by atoms with E-state index < -0.39 is 59.8 Å². The highest BCUT2D eigenvalue weighted by atomic mass is 79.9. The van der Waals surface area contributed by atoms with Crippen LogP contribution in [0.5, 0.6) is 0 Å². The molecule has 5 aliphatic rings. The van der Waals surface area contributed by atoms with Gasteiger partial charge in [-0.15, -0.1) is 17.0 Å². The van der Waals surface area contributed by atoms with Crippen molar-refractivity contribution in [2.24, 2.45) is 5.73 Å². The summed E-state index contributed by atoms with van der Waals surface area (Å²) in [6.07, 6.45) is 11.2. The Kier molecular flexibility index (Phi) is 30.3. The third kappa shape index (κ3) is 26.0. The number of hydrogen-bond donors (Lipinski definition) is 7. The van der Waals surface area contributed by atoms with Gasteiger partial charge >= 0.3 is 18.4 Å². The molecular weight excluding hydrogens is 1420 g/mol. The minimum Gasteiger partial charge on any atom is -0.444 e. The zero-order valence-corrected chi connectivity index (χ0v) is 59.2. The molecular formula is C68H82Br2F4N14O11. The van der Waals surface area contributed by atoms with E-state index in [2.05, 4.69) is 67.4 Å². The minimum absolute atomic E-state index is 0. The SMILES string of the molecule is Br.BrCc1ccncc1.CC(C)(C)OC(=O)N[C@H]1CCN(Cc2ccncc2)C1=O.CC(C)(C)OC(=O)N[C@H]1CCNC1=O.Cc1[nH]c(/C=C2\C(=O)Nc3ccc(F)cc32)c(C)c1C(=O)N[C@H]1CCN(Cc2ccncc2)C1=O.N[C@H]1CCN(Cc2ccncc2)C1=O.O=CC(F)(F)F. The molecule has 532 valence electrons. The molecule has 0 saturated carbocycles. The molecule has 4 saturated heterocycles. The van der Waals surface area contributed by atoms with Crippen LogP contribution in [-0.4, -0.2) is 161 Å². The van der Waals surface area contributed by atoms with Crippen LogP contribution in [0.15, 0.2) is 116 Å². The van der Waals surface area contributed by atoms with E-state index in [1.54, 1.807) is 126 Å². The number of carbonyl (C=O) groups excluding carboxylic acids is 9. The van der Waals surface area contributed by atoms with Crippen LogP contribution in [0.4, 0.5) is 32.8 Å². The number of halogens is 6. The van der Waals surface area contributed by atoms with E-state index in [1.165, 1.54) is 23.8 Å². The van der Waals surface area contributed by atoms with Gasteiger partial charge in [-0.05, 0) is 182 Å². The molecule has 0 unspecified atom stereocenters. The fourth-order valence-corrected chi connectivity index (χ4v) is 10.5. The Morgan fingerprint density at radius 2 is 1.06 bits per heavy atom. The molecule has 25 nitrogen and oxygen atoms in total. The highest BCUT2D eigenvalue weighted by Crippen LogP contribution is 2.35. The number of aromatic amines is 1. The molecule has 4 fully saturated rings. The Bertz CT molecular complexity index is 3750. The summed E-state index contributed by atoms with van der Waals surface area (Å²) in [5, 5.41) is 14.3. The molecule has 4 atom stereocenters. The first-order valence-corrected chi connectivity index (χ1v) is 32.3. The summed E-state index contributed by atoms with van der Waals surface area (Å²) in [5.41, 5.74) is 12.5. The molecule has 11 rings (SSSR count). The van der Waals surface area contributed by atoms with E-state index in [9.17, 15) is 55.9 Å². The van der Waals surface area contributed by atoms with Gasteiger partial charge < -0.3 is 61.5 Å². The second-order valence-electron chi connectivity index (χ2n) is 24.8. The van der Waals surface area contributed by atoms with Gasteiger partial charge in [0.15, 0.2) is 0 Å². The third-order valence-electron chi connectivity index (χ3n) is 14.8. The number of aldehydes is 1. The van der Waals surface area contributed by atoms with E-state index in [4.69, 9.17) is 20.0 Å². The molecule has 10 heterocycles. The first-order valence-electron chi connectivity index (χ1n) is 31.2. The Morgan fingerprint density at radius 1 is 0.636 bits per heavy atom. The van der Waals surface area contributed by atoms with Crippen LogP contribution in [0.3, 0.4) is 0 Å². The van der Waals surface area contributed by atoms with Gasteiger partial charge in [0.1, 0.15) is 35.1 Å². The Balaban J connectivity index is 0.000000236. The van der Waals surface area contributed by atoms with Crippen molar-refractivity contribution in [3.63, 3.8) is 0 Å². The zero-order valence-electron chi connectivity index (χ0n) is 55.9. The van der Waals surface area contributed by atoms with Crippen molar-refractivity contribution in [3.05, 3.63) is 172 Å². The largest absolute Gasteiger partial charge is 0.446 e. The number of nitrogens with two attached hydrogens (primary N) is 1. The number of anilines is 1. The van der Waals surface area contributed by atoms with E-state index in [-0.39, 0.29) is 58.5 Å². The highest BCUT2D eigenvalue weighted by molar-refractivity contribution is 9.08. The third-order valence-corrected chi connectivity index (χ3v) is 15.5. The summed E-state index contributed by atoms with van der Waals surface area (Å²) < 4.78 is 55.2. The van der Waals surface area contributed by atoms with Crippen molar-refractivity contribution < 1.29 is 70.2 Å². The standard InChI is InChI=1S/C26H24FN5O3.C15H21N3O3.C10H13N3O.C9H16N2O3.C6H6BrN.C2HF3O.BrH/c1-14-22(12-19-18-11-17(27)3-4-20(18)30-24(19)33)29-15(2)23(14)25(34)31-21-7-10-32(26(21)35)13-16-5-8-28-9-6-16;1-15(2,3)21-14(20)17-12-6-9-18(13(12)19)10-11-4-7-16-8-5-11;11-9-3-6-13(10(9)14)7-8-1-4-12-5-2-8;1-9(2,3)14-8(13)11-6-4-5-10-7(6)12;7-5-6-1-3-8-4-2-6;3-2(4,5)1-6;/h3-6,8-9,11-12,21,29H,7,10,13H2,1-2H3,(H,30,33)(H,31,34);4-5,7-8,12H,6,9-10H2,1-3H3,(H,17,20);1-2,4-5,9H,3,6-7,11H2;6H,4-5H2,1-3H3,(H,10,12)(H,11,13);1-4H,5H2;1H;1H/b19-12-;;;;;;/t21-;12-;9-;6-;;;/m0000.../s1. The average molecular weight is 1510 g/mol. The van der Waals surface area contributed by atoms with Crippen molar-refractivity contribution in [2.75, 3.05) is 31.5 Å². The molecule has 0 radical (unpaired) electrons. The zero-order chi connectivity index (χ0) is 71.9. The molecule has 99 heavy (non-hydrogen) atoms. The predicted molar refractivity (Wildman–Crippen MR) is 368 cm³/mol. The molecule has 8 N–H and O–H groups in total. The van der Waals surface area contributed by atoms with Crippen LogP contribution < -0.4 is 32.3 Å². The molecule has 0 bridgehead atoms. The van der Waals surface area contributed by atoms with Crippen LogP contribution in [0, 0.1) is 19.7 Å². The molecule has 5 aliphatic heterocycles. The Labute approximate surface area is 589 Å². The lowest BCUT2D eigenvalue weighted by molar-refractivity contribution is -0.156. The maximum Gasteiger partial charge on any atom is 0.446 e. The number of H-pyrrole nitrogens is 1. The van der Waals surface area contributed by atoms with E-state index in [0.29, 0.717) is 97.9 Å². The van der Waals surface area contributed by atoms with Gasteiger partial charge in [0.25, 0.3) is 11.8 Å². The lowest BCUT2D eigenvalue weighted by Gasteiger charge is -2.21. The van der Waals surface area contributed by atoms with Gasteiger partial charge in [0.2, 0.25) is 29.9 Å². The quantitative estimate of drug-likeness (QED) is 0.0260. The molecule has 1 aromatic carbocycles. The first kappa shape index (κ1) is 80.2. The maximum atomic E-state index is 13.8. The van der Waals surface area contributed by atoms with E-state index in [0.717, 1.165) is 35.0 Å². The fourth-order valence-electron chi connectivity index (χ4n) is 10.1. The van der Waals surface area contributed by atoms with Gasteiger partial charge in [-0.3, -0.25) is 53.5 Å². The fraction of sp³-hybridized carbons (Fsp3) is 0.397. The van der Waals surface area contributed by atoms with E-state index in [1.807, 2.05) is 48.5 Å². The smallest absolute Gasteiger partial charge is 0.444 e. The van der Waals surface area contributed by atoms with Crippen molar-refractivity contribution in [1.29, 1.82) is 0 Å².